The number of carbonyl (C=O) groups is 1. The number of nitrogens with one attached hydrogen (secondary N) is 3. The lowest BCUT2D eigenvalue weighted by Crippen LogP contribution is -2.57. The normalized spacial score (nSPS) is 20.1. The SMILES string of the molecule is CCc1ccc2c(c1)[C@H](NC[C@@H](O)[C@H](NCc1ccccc1)NC(=O)CN1CCc3ccccc31)CC1(CCCCC1)O2. The van der Waals surface area contributed by atoms with E-state index in [4.69, 9.17) is 4.74 Å². The average molecular weight is 583 g/mol. The Morgan fingerprint density at radius 2 is 1.81 bits per heavy atom. The third-order valence-electron chi connectivity index (χ3n) is 9.49. The second kappa shape index (κ2) is 13.5. The van der Waals surface area contributed by atoms with Gasteiger partial charge in [0, 0.05) is 43.3 Å². The number of para-hydroxylation sites is 1. The second-order valence-corrected chi connectivity index (χ2v) is 12.5. The van der Waals surface area contributed by atoms with Crippen LogP contribution in [-0.4, -0.2) is 48.5 Å². The van der Waals surface area contributed by atoms with E-state index in [2.05, 4.69) is 58.1 Å². The van der Waals surface area contributed by atoms with Crippen LogP contribution in [0.4, 0.5) is 5.69 Å². The molecule has 0 radical (unpaired) electrons. The van der Waals surface area contributed by atoms with E-state index in [1.165, 1.54) is 36.0 Å². The third kappa shape index (κ3) is 7.06. The molecule has 3 aromatic rings. The quantitative estimate of drug-likeness (QED) is 0.238. The van der Waals surface area contributed by atoms with Crippen molar-refractivity contribution in [3.05, 3.63) is 95.1 Å². The molecule has 1 aliphatic carbocycles. The Hall–Kier alpha value is -3.39. The van der Waals surface area contributed by atoms with Crippen LogP contribution in [0.1, 0.15) is 73.7 Å². The minimum Gasteiger partial charge on any atom is -0.487 e. The first kappa shape index (κ1) is 29.7. The van der Waals surface area contributed by atoms with E-state index < -0.39 is 12.3 Å². The van der Waals surface area contributed by atoms with Gasteiger partial charge in [-0.2, -0.15) is 0 Å². The van der Waals surface area contributed by atoms with E-state index in [1.54, 1.807) is 0 Å². The number of aliphatic hydroxyl groups excluding tert-OH is 1. The fourth-order valence-corrected chi connectivity index (χ4v) is 7.08. The summed E-state index contributed by atoms with van der Waals surface area (Å²) in [5, 5.41) is 21.8. The molecular weight excluding hydrogens is 536 g/mol. The number of benzene rings is 3. The number of carbonyl (C=O) groups excluding carboxylic acids is 1. The Labute approximate surface area is 256 Å². The van der Waals surface area contributed by atoms with Crippen LogP contribution in [0.15, 0.2) is 72.8 Å². The van der Waals surface area contributed by atoms with Crippen LogP contribution in [0.5, 0.6) is 5.75 Å². The van der Waals surface area contributed by atoms with Gasteiger partial charge >= 0.3 is 0 Å². The molecule has 0 unspecified atom stereocenters. The summed E-state index contributed by atoms with van der Waals surface area (Å²) in [5.41, 5.74) is 5.81. The van der Waals surface area contributed by atoms with Crippen molar-refractivity contribution >= 4 is 11.6 Å². The standard InChI is InChI=1S/C36H46N4O3/c1-2-26-15-16-33-29(21-26)30(22-36(43-33)18-9-4-10-19-36)37-24-32(41)35(38-23-27-11-5-3-6-12-27)39-34(42)25-40-20-17-28-13-7-8-14-31(28)40/h3,5-8,11-16,21,30,32,35,37-38,41H,2,4,9-10,17-20,22-25H2,1H3,(H,39,42)/t30-,32-,35-/m1/s1. The highest BCUT2D eigenvalue weighted by atomic mass is 16.5. The van der Waals surface area contributed by atoms with E-state index in [9.17, 15) is 9.90 Å². The molecule has 4 N–H and O–H groups in total. The lowest BCUT2D eigenvalue weighted by atomic mass is 9.77. The Kier molecular flexibility index (Phi) is 9.31. The Morgan fingerprint density at radius 3 is 2.63 bits per heavy atom. The average Bonchev–Trinajstić information content (AvgIpc) is 3.44. The Bertz CT molecular complexity index is 1370. The molecule has 0 saturated heterocycles. The van der Waals surface area contributed by atoms with Gasteiger partial charge < -0.3 is 25.4 Å². The smallest absolute Gasteiger partial charge is 0.240 e. The second-order valence-electron chi connectivity index (χ2n) is 12.5. The highest BCUT2D eigenvalue weighted by Gasteiger charge is 2.42. The summed E-state index contributed by atoms with van der Waals surface area (Å²) in [5.74, 6) is 0.863. The number of ether oxygens (including phenoxy) is 1. The maximum absolute atomic E-state index is 13.3. The highest BCUT2D eigenvalue weighted by molar-refractivity contribution is 5.82. The van der Waals surface area contributed by atoms with Crippen molar-refractivity contribution in [3.8, 4) is 5.75 Å². The summed E-state index contributed by atoms with van der Waals surface area (Å²) >= 11 is 0. The fraction of sp³-hybridized carbons (Fsp3) is 0.472. The zero-order valence-corrected chi connectivity index (χ0v) is 25.4. The number of rotatable bonds is 11. The van der Waals surface area contributed by atoms with Gasteiger partial charge in [-0.05, 0) is 67.3 Å². The summed E-state index contributed by atoms with van der Waals surface area (Å²) in [6.45, 7) is 4.14. The summed E-state index contributed by atoms with van der Waals surface area (Å²) in [4.78, 5) is 15.5. The van der Waals surface area contributed by atoms with Crippen LogP contribution < -0.4 is 25.6 Å². The van der Waals surface area contributed by atoms with Crippen molar-refractivity contribution in [2.45, 2.75) is 88.7 Å². The van der Waals surface area contributed by atoms with Crippen LogP contribution in [0.25, 0.3) is 0 Å². The molecule has 0 aromatic heterocycles. The first-order valence-corrected chi connectivity index (χ1v) is 16.1. The van der Waals surface area contributed by atoms with E-state index in [-0.39, 0.29) is 24.1 Å². The molecule has 3 aromatic carbocycles. The molecule has 2 heterocycles. The van der Waals surface area contributed by atoms with Crippen molar-refractivity contribution < 1.29 is 14.6 Å². The van der Waals surface area contributed by atoms with E-state index >= 15 is 0 Å². The van der Waals surface area contributed by atoms with Gasteiger partial charge in [0.1, 0.15) is 17.5 Å². The number of nitrogens with zero attached hydrogens (tertiary/aromatic N) is 1. The number of fused-ring (bicyclic) bond motifs is 2. The number of anilines is 1. The van der Waals surface area contributed by atoms with Gasteiger partial charge in [-0.25, -0.2) is 0 Å². The van der Waals surface area contributed by atoms with Gasteiger partial charge in [0.05, 0.1) is 12.6 Å². The third-order valence-corrected chi connectivity index (χ3v) is 9.49. The van der Waals surface area contributed by atoms with Crippen molar-refractivity contribution in [1.82, 2.24) is 16.0 Å². The minimum absolute atomic E-state index is 0.0783. The molecular formula is C36H46N4O3. The molecule has 0 bridgehead atoms. The predicted molar refractivity (Wildman–Crippen MR) is 171 cm³/mol. The Morgan fingerprint density at radius 1 is 1.02 bits per heavy atom. The van der Waals surface area contributed by atoms with Crippen LogP contribution in [0.2, 0.25) is 0 Å². The summed E-state index contributed by atoms with van der Waals surface area (Å²) in [6, 6.07) is 25.0. The summed E-state index contributed by atoms with van der Waals surface area (Å²) in [6.07, 6.45) is 7.15. The number of hydrogen-bond acceptors (Lipinski definition) is 6. The number of amides is 1. The zero-order valence-electron chi connectivity index (χ0n) is 25.4. The molecule has 3 atom stereocenters. The number of hydrogen-bond donors (Lipinski definition) is 4. The summed E-state index contributed by atoms with van der Waals surface area (Å²) in [7, 11) is 0. The van der Waals surface area contributed by atoms with Crippen LogP contribution >= 0.6 is 0 Å². The molecule has 1 fully saturated rings. The van der Waals surface area contributed by atoms with E-state index in [0.717, 1.165) is 55.6 Å². The largest absolute Gasteiger partial charge is 0.487 e. The van der Waals surface area contributed by atoms with E-state index in [1.807, 2.05) is 42.5 Å². The maximum Gasteiger partial charge on any atom is 0.240 e. The molecule has 2 aliphatic heterocycles. The monoisotopic (exact) mass is 582 g/mol. The summed E-state index contributed by atoms with van der Waals surface area (Å²) < 4.78 is 6.70. The molecule has 1 saturated carbocycles. The molecule has 1 spiro atoms. The molecule has 3 aliphatic rings. The van der Waals surface area contributed by atoms with Crippen molar-refractivity contribution in [2.75, 3.05) is 24.5 Å². The Balaban J connectivity index is 1.15. The minimum atomic E-state index is -0.832. The number of aliphatic hydroxyl groups is 1. The molecule has 43 heavy (non-hydrogen) atoms. The maximum atomic E-state index is 13.3. The molecule has 228 valence electrons. The first-order valence-electron chi connectivity index (χ1n) is 16.1. The first-order chi connectivity index (χ1) is 21.0. The topological polar surface area (TPSA) is 85.9 Å². The van der Waals surface area contributed by atoms with Gasteiger partial charge in [0.2, 0.25) is 5.91 Å². The number of aryl methyl sites for hydroxylation is 1. The fourth-order valence-electron chi connectivity index (χ4n) is 7.08. The van der Waals surface area contributed by atoms with Gasteiger partial charge in [-0.1, -0.05) is 74.0 Å². The van der Waals surface area contributed by atoms with Crippen LogP contribution in [-0.2, 0) is 24.2 Å². The highest BCUT2D eigenvalue weighted by Crippen LogP contribution is 2.46. The van der Waals surface area contributed by atoms with Crippen LogP contribution in [0, 0.1) is 0 Å². The van der Waals surface area contributed by atoms with E-state index in [0.29, 0.717) is 13.1 Å². The van der Waals surface area contributed by atoms with Crippen molar-refractivity contribution in [3.63, 3.8) is 0 Å². The molecule has 7 nitrogen and oxygen atoms in total. The van der Waals surface area contributed by atoms with Crippen molar-refractivity contribution in [2.24, 2.45) is 0 Å². The molecule has 1 amide bonds. The van der Waals surface area contributed by atoms with Gasteiger partial charge in [-0.15, -0.1) is 0 Å². The van der Waals surface area contributed by atoms with Gasteiger partial charge in [0.15, 0.2) is 0 Å². The lowest BCUT2D eigenvalue weighted by Gasteiger charge is -2.45. The van der Waals surface area contributed by atoms with Gasteiger partial charge in [-0.3, -0.25) is 10.1 Å². The zero-order chi connectivity index (χ0) is 29.6. The molecule has 7 heteroatoms. The lowest BCUT2D eigenvalue weighted by molar-refractivity contribution is -0.121. The van der Waals surface area contributed by atoms with Gasteiger partial charge in [0.25, 0.3) is 0 Å². The predicted octanol–water partition coefficient (Wildman–Crippen LogP) is 5.02. The molecule has 6 rings (SSSR count). The van der Waals surface area contributed by atoms with Crippen molar-refractivity contribution in [1.29, 1.82) is 0 Å². The van der Waals surface area contributed by atoms with Crippen LogP contribution in [0.3, 0.4) is 0 Å².